The van der Waals surface area contributed by atoms with Crippen molar-refractivity contribution in [3.05, 3.63) is 51.6 Å². The summed E-state index contributed by atoms with van der Waals surface area (Å²) in [4.78, 5) is 23.0. The molecule has 134 valence electrons. The zero-order valence-electron chi connectivity index (χ0n) is 14.5. The molecule has 1 amide bonds. The number of ether oxygens (including phenoxy) is 1. The van der Waals surface area contributed by atoms with Gasteiger partial charge in [0.25, 0.3) is 5.69 Å². The molecule has 0 aliphatic heterocycles. The molecule has 26 heavy (non-hydrogen) atoms. The van der Waals surface area contributed by atoms with Crippen molar-refractivity contribution in [3.8, 4) is 5.75 Å². The first-order valence-electron chi connectivity index (χ1n) is 7.81. The molecule has 3 aromatic rings. The van der Waals surface area contributed by atoms with Crippen molar-refractivity contribution in [2.75, 3.05) is 12.4 Å². The molecule has 0 fully saturated rings. The van der Waals surface area contributed by atoms with Gasteiger partial charge < -0.3 is 10.1 Å². The molecule has 0 radical (unpaired) electrons. The van der Waals surface area contributed by atoms with E-state index in [9.17, 15) is 14.9 Å². The van der Waals surface area contributed by atoms with Crippen molar-refractivity contribution in [2.45, 2.75) is 20.4 Å². The Balaban J connectivity index is 1.84. The Bertz CT molecular complexity index is 1010. The number of nitrogens with one attached hydrogen (secondary N) is 1. The van der Waals surface area contributed by atoms with Gasteiger partial charge >= 0.3 is 0 Å². The summed E-state index contributed by atoms with van der Waals surface area (Å²) >= 11 is 0. The van der Waals surface area contributed by atoms with Gasteiger partial charge in [0.05, 0.1) is 23.6 Å². The highest BCUT2D eigenvalue weighted by molar-refractivity contribution is 5.93. The van der Waals surface area contributed by atoms with Crippen LogP contribution >= 0.6 is 0 Å². The van der Waals surface area contributed by atoms with E-state index in [4.69, 9.17) is 4.74 Å². The van der Waals surface area contributed by atoms with Crippen LogP contribution in [0.2, 0.25) is 0 Å². The maximum atomic E-state index is 12.4. The molecular formula is C17H17N5O4. The molecule has 0 saturated heterocycles. The molecule has 1 aromatic heterocycles. The largest absolute Gasteiger partial charge is 0.496 e. The fraction of sp³-hybridized carbons (Fsp3) is 0.235. The van der Waals surface area contributed by atoms with Gasteiger partial charge in [0.2, 0.25) is 5.91 Å². The number of hydrogen-bond acceptors (Lipinski definition) is 6. The van der Waals surface area contributed by atoms with Crippen LogP contribution in [-0.2, 0) is 11.3 Å². The third kappa shape index (κ3) is 3.32. The van der Waals surface area contributed by atoms with Crippen LogP contribution in [0.3, 0.4) is 0 Å². The van der Waals surface area contributed by atoms with Crippen molar-refractivity contribution in [2.24, 2.45) is 0 Å². The van der Waals surface area contributed by atoms with E-state index in [1.54, 1.807) is 6.07 Å². The number of hydrogen-bond donors (Lipinski definition) is 1. The molecular weight excluding hydrogens is 338 g/mol. The van der Waals surface area contributed by atoms with Gasteiger partial charge in [-0.05, 0) is 49.2 Å². The van der Waals surface area contributed by atoms with Crippen molar-refractivity contribution in [1.29, 1.82) is 0 Å². The lowest BCUT2D eigenvalue weighted by Gasteiger charge is -2.08. The highest BCUT2D eigenvalue weighted by Crippen LogP contribution is 2.29. The lowest BCUT2D eigenvalue weighted by atomic mass is 10.1. The third-order valence-electron chi connectivity index (χ3n) is 4.10. The normalized spacial score (nSPS) is 10.7. The van der Waals surface area contributed by atoms with Crippen LogP contribution in [0.15, 0.2) is 30.3 Å². The average Bonchev–Trinajstić information content (AvgIpc) is 2.97. The smallest absolute Gasteiger partial charge is 0.296 e. The predicted octanol–water partition coefficient (Wildman–Crippen LogP) is 2.60. The standard InChI is InChI=1S/C17H17N5O4/c1-10-6-14-15(7-11(10)2)21(20-19-14)9-17(23)18-13-5-4-12(26-3)8-16(13)22(24)25/h4-8H,9H2,1-3H3,(H,18,23). The SMILES string of the molecule is COc1ccc(NC(=O)Cn2nnc3cc(C)c(C)cc32)c([N+](=O)[O-])c1. The van der Waals surface area contributed by atoms with Gasteiger partial charge in [-0.1, -0.05) is 5.21 Å². The van der Waals surface area contributed by atoms with E-state index in [2.05, 4.69) is 15.6 Å². The second-order valence-electron chi connectivity index (χ2n) is 5.86. The summed E-state index contributed by atoms with van der Waals surface area (Å²) in [6.07, 6.45) is 0. The Hall–Kier alpha value is -3.49. The lowest BCUT2D eigenvalue weighted by molar-refractivity contribution is -0.384. The molecule has 2 aromatic carbocycles. The van der Waals surface area contributed by atoms with E-state index in [1.165, 1.54) is 23.9 Å². The molecule has 0 aliphatic rings. The number of rotatable bonds is 5. The van der Waals surface area contributed by atoms with Crippen LogP contribution in [0.4, 0.5) is 11.4 Å². The summed E-state index contributed by atoms with van der Waals surface area (Å²) in [6.45, 7) is 3.83. The van der Waals surface area contributed by atoms with Gasteiger partial charge in [-0.3, -0.25) is 14.9 Å². The first kappa shape index (κ1) is 17.3. The minimum Gasteiger partial charge on any atom is -0.496 e. The molecule has 3 rings (SSSR count). The monoisotopic (exact) mass is 355 g/mol. The fourth-order valence-electron chi connectivity index (χ4n) is 2.56. The summed E-state index contributed by atoms with van der Waals surface area (Å²) in [7, 11) is 1.41. The van der Waals surface area contributed by atoms with E-state index in [-0.39, 0.29) is 17.9 Å². The number of methoxy groups -OCH3 is 1. The number of nitrogens with zero attached hydrogens (tertiary/aromatic N) is 4. The van der Waals surface area contributed by atoms with Crippen LogP contribution in [0.1, 0.15) is 11.1 Å². The fourth-order valence-corrected chi connectivity index (χ4v) is 2.56. The molecule has 0 spiro atoms. The molecule has 0 unspecified atom stereocenters. The summed E-state index contributed by atoms with van der Waals surface area (Å²) < 4.78 is 6.44. The lowest BCUT2D eigenvalue weighted by Crippen LogP contribution is -2.20. The van der Waals surface area contributed by atoms with Crippen LogP contribution in [0.25, 0.3) is 11.0 Å². The molecule has 1 heterocycles. The first-order valence-corrected chi connectivity index (χ1v) is 7.81. The number of benzene rings is 2. The highest BCUT2D eigenvalue weighted by atomic mass is 16.6. The average molecular weight is 355 g/mol. The van der Waals surface area contributed by atoms with Gasteiger partial charge in [0.1, 0.15) is 23.5 Å². The maximum absolute atomic E-state index is 12.4. The molecule has 0 saturated carbocycles. The minimum atomic E-state index is -0.574. The maximum Gasteiger partial charge on any atom is 0.296 e. The van der Waals surface area contributed by atoms with E-state index in [0.29, 0.717) is 11.3 Å². The van der Waals surface area contributed by atoms with E-state index < -0.39 is 10.8 Å². The number of nitro benzene ring substituents is 1. The topological polar surface area (TPSA) is 112 Å². The summed E-state index contributed by atoms with van der Waals surface area (Å²) in [5, 5.41) is 21.8. The van der Waals surface area contributed by atoms with Crippen LogP contribution in [0, 0.1) is 24.0 Å². The first-order chi connectivity index (χ1) is 12.4. The summed E-state index contributed by atoms with van der Waals surface area (Å²) in [6, 6.07) is 8.04. The minimum absolute atomic E-state index is 0.0947. The van der Waals surface area contributed by atoms with Gasteiger partial charge in [-0.25, -0.2) is 4.68 Å². The Labute approximate surface area is 148 Å². The number of aromatic nitrogens is 3. The van der Waals surface area contributed by atoms with Crippen molar-refractivity contribution >= 4 is 28.3 Å². The molecule has 1 N–H and O–H groups in total. The highest BCUT2D eigenvalue weighted by Gasteiger charge is 2.18. The Kier molecular flexibility index (Phi) is 4.53. The van der Waals surface area contributed by atoms with Crippen LogP contribution in [0.5, 0.6) is 5.75 Å². The zero-order chi connectivity index (χ0) is 18.8. The number of carbonyl (C=O) groups excluding carboxylic acids is 1. The number of fused-ring (bicyclic) bond motifs is 1. The van der Waals surface area contributed by atoms with Crippen LogP contribution in [-0.4, -0.2) is 32.9 Å². The Morgan fingerprint density at radius 1 is 1.27 bits per heavy atom. The molecule has 0 aliphatic carbocycles. The number of carbonyl (C=O) groups is 1. The van der Waals surface area contributed by atoms with Crippen molar-refractivity contribution in [1.82, 2.24) is 15.0 Å². The number of aryl methyl sites for hydroxylation is 2. The zero-order valence-corrected chi connectivity index (χ0v) is 14.5. The Morgan fingerprint density at radius 3 is 2.69 bits per heavy atom. The summed E-state index contributed by atoms with van der Waals surface area (Å²) in [5.74, 6) is -0.105. The van der Waals surface area contributed by atoms with Gasteiger partial charge in [0, 0.05) is 0 Å². The van der Waals surface area contributed by atoms with Gasteiger partial charge in [-0.2, -0.15) is 0 Å². The van der Waals surface area contributed by atoms with Crippen LogP contribution < -0.4 is 10.1 Å². The predicted molar refractivity (Wildman–Crippen MR) is 95.3 cm³/mol. The van der Waals surface area contributed by atoms with Crippen molar-refractivity contribution < 1.29 is 14.5 Å². The molecule has 9 heteroatoms. The van der Waals surface area contributed by atoms with Gasteiger partial charge in [-0.15, -0.1) is 5.10 Å². The van der Waals surface area contributed by atoms with E-state index in [1.807, 2.05) is 26.0 Å². The number of nitro groups is 1. The van der Waals surface area contributed by atoms with Gasteiger partial charge in [0.15, 0.2) is 0 Å². The Morgan fingerprint density at radius 2 is 2.00 bits per heavy atom. The second-order valence-corrected chi connectivity index (χ2v) is 5.86. The number of amides is 1. The molecule has 0 atom stereocenters. The third-order valence-corrected chi connectivity index (χ3v) is 4.10. The molecule has 9 nitrogen and oxygen atoms in total. The van der Waals surface area contributed by atoms with Crippen molar-refractivity contribution in [3.63, 3.8) is 0 Å². The molecule has 0 bridgehead atoms. The quantitative estimate of drug-likeness (QED) is 0.556. The summed E-state index contributed by atoms with van der Waals surface area (Å²) in [5.41, 5.74) is 3.42. The van der Waals surface area contributed by atoms with E-state index in [0.717, 1.165) is 16.6 Å². The second kappa shape index (κ2) is 6.79. The number of anilines is 1. The van der Waals surface area contributed by atoms with E-state index >= 15 is 0 Å².